The molecular formula is C38H70N2O13. The number of rotatable bonds is 7. The summed E-state index contributed by atoms with van der Waals surface area (Å²) in [6.07, 6.45) is -8.83. The SMILES string of the molecule is CC[C@H]1OC(=O)[C@H](C)[C@@H](OC2C[C@@](C)(OC)[C@H](O)[C@@H](C)O2)[C@H](C)[C@@H](O[C@@H]2O[C@H](C)CC(N)[C@H]2OC(C)=O)[C@](C)(O)C[C@@H](C)CN(C)[C@H](C)[C@@H](O)[C@]1(C)O. The van der Waals surface area contributed by atoms with Crippen LogP contribution < -0.4 is 5.73 Å². The molecule has 18 atom stereocenters. The number of methoxy groups -OCH3 is 1. The number of aliphatic hydroxyl groups is 4. The first-order chi connectivity index (χ1) is 24.4. The number of esters is 2. The molecule has 15 heteroatoms. The van der Waals surface area contributed by atoms with Crippen LogP contribution in [0.1, 0.15) is 102 Å². The molecule has 6 N–H and O–H groups in total. The molecule has 0 aromatic carbocycles. The van der Waals surface area contributed by atoms with Crippen LogP contribution >= 0.6 is 0 Å². The van der Waals surface area contributed by atoms with E-state index >= 15 is 0 Å². The number of ether oxygens (including phenoxy) is 7. The fraction of sp³-hybridized carbons (Fsp3) is 0.947. The van der Waals surface area contributed by atoms with Gasteiger partial charge in [-0.05, 0) is 80.7 Å². The average molecular weight is 763 g/mol. The summed E-state index contributed by atoms with van der Waals surface area (Å²) < 4.78 is 43.1. The molecule has 0 bridgehead atoms. The van der Waals surface area contributed by atoms with Gasteiger partial charge in [-0.3, -0.25) is 9.59 Å². The fourth-order valence-corrected chi connectivity index (χ4v) is 8.61. The van der Waals surface area contributed by atoms with E-state index in [0.717, 1.165) is 0 Å². The molecule has 3 aliphatic heterocycles. The van der Waals surface area contributed by atoms with Crippen molar-refractivity contribution in [3.63, 3.8) is 0 Å². The van der Waals surface area contributed by atoms with Gasteiger partial charge in [0, 0.05) is 45.0 Å². The van der Waals surface area contributed by atoms with Gasteiger partial charge in [-0.25, -0.2) is 0 Å². The predicted octanol–water partition coefficient (Wildman–Crippen LogP) is 1.87. The van der Waals surface area contributed by atoms with E-state index in [9.17, 15) is 30.0 Å². The summed E-state index contributed by atoms with van der Waals surface area (Å²) in [6.45, 7) is 19.0. The maximum Gasteiger partial charge on any atom is 0.311 e. The molecule has 0 aromatic rings. The number of nitrogens with zero attached hydrogens (tertiary/aromatic N) is 1. The van der Waals surface area contributed by atoms with Gasteiger partial charge in [0.2, 0.25) is 0 Å². The van der Waals surface area contributed by atoms with Crippen molar-refractivity contribution in [2.24, 2.45) is 23.5 Å². The maximum absolute atomic E-state index is 14.2. The third-order valence-electron chi connectivity index (χ3n) is 11.9. The Kier molecular flexibility index (Phi) is 15.7. The summed E-state index contributed by atoms with van der Waals surface area (Å²) in [7, 11) is 3.31. The molecule has 0 aromatic heterocycles. The normalized spacial score (nSPS) is 48.6. The first-order valence-electron chi connectivity index (χ1n) is 19.2. The largest absolute Gasteiger partial charge is 0.459 e. The molecule has 0 spiro atoms. The van der Waals surface area contributed by atoms with Gasteiger partial charge >= 0.3 is 11.9 Å². The lowest BCUT2D eigenvalue weighted by Gasteiger charge is -2.48. The third-order valence-corrected chi connectivity index (χ3v) is 11.9. The summed E-state index contributed by atoms with van der Waals surface area (Å²) in [5.41, 5.74) is 2.00. The Balaban J connectivity index is 2.20. The highest BCUT2D eigenvalue weighted by Gasteiger charge is 2.53. The second kappa shape index (κ2) is 18.2. The van der Waals surface area contributed by atoms with Crippen LogP contribution in [-0.2, 0) is 42.7 Å². The first kappa shape index (κ1) is 45.9. The summed E-state index contributed by atoms with van der Waals surface area (Å²) in [6, 6.07) is -1.18. The third kappa shape index (κ3) is 10.7. The van der Waals surface area contributed by atoms with Gasteiger partial charge in [-0.2, -0.15) is 0 Å². The molecule has 0 aliphatic carbocycles. The van der Waals surface area contributed by atoms with Crippen LogP contribution in [0.15, 0.2) is 0 Å². The van der Waals surface area contributed by atoms with Gasteiger partial charge in [-0.1, -0.05) is 20.8 Å². The summed E-state index contributed by atoms with van der Waals surface area (Å²) in [4.78, 5) is 28.3. The number of carbonyl (C=O) groups excluding carboxylic acids is 2. The van der Waals surface area contributed by atoms with Gasteiger partial charge in [0.25, 0.3) is 0 Å². The molecule has 3 saturated heterocycles. The second-order valence-electron chi connectivity index (χ2n) is 16.9. The number of nitrogens with two attached hydrogens (primary N) is 1. The van der Waals surface area contributed by atoms with Crippen LogP contribution in [0.25, 0.3) is 0 Å². The molecule has 0 radical (unpaired) electrons. The Morgan fingerprint density at radius 1 is 0.981 bits per heavy atom. The minimum atomic E-state index is -1.82. The topological polar surface area (TPSA) is 209 Å². The van der Waals surface area contributed by atoms with E-state index in [1.54, 1.807) is 48.5 Å². The molecule has 3 fully saturated rings. The molecule has 310 valence electrons. The van der Waals surface area contributed by atoms with Crippen molar-refractivity contribution in [1.29, 1.82) is 0 Å². The zero-order valence-electron chi connectivity index (χ0n) is 34.2. The number of cyclic esters (lactones) is 1. The van der Waals surface area contributed by atoms with E-state index in [1.165, 1.54) is 21.0 Å². The smallest absolute Gasteiger partial charge is 0.311 e. The van der Waals surface area contributed by atoms with Crippen molar-refractivity contribution in [1.82, 2.24) is 4.90 Å². The van der Waals surface area contributed by atoms with Crippen LogP contribution in [0.3, 0.4) is 0 Å². The van der Waals surface area contributed by atoms with Gasteiger partial charge in [0.15, 0.2) is 18.7 Å². The highest BCUT2D eigenvalue weighted by Crippen LogP contribution is 2.40. The number of likely N-dealkylation sites (N-methyl/N-ethyl adjacent to an activating group) is 1. The van der Waals surface area contributed by atoms with Crippen LogP contribution in [0.2, 0.25) is 0 Å². The minimum absolute atomic E-state index is 0.105. The maximum atomic E-state index is 14.2. The Morgan fingerprint density at radius 3 is 2.17 bits per heavy atom. The molecule has 3 aliphatic rings. The lowest BCUT2D eigenvalue weighted by atomic mass is 9.77. The quantitative estimate of drug-likeness (QED) is 0.235. The Bertz CT molecular complexity index is 1210. The number of aliphatic hydroxyl groups excluding tert-OH is 2. The van der Waals surface area contributed by atoms with E-state index in [4.69, 9.17) is 38.9 Å². The van der Waals surface area contributed by atoms with E-state index in [-0.39, 0.29) is 31.3 Å². The van der Waals surface area contributed by atoms with Crippen LogP contribution in [-0.4, -0.2) is 148 Å². The molecule has 3 heterocycles. The average Bonchev–Trinajstić information content (AvgIpc) is 3.06. The van der Waals surface area contributed by atoms with E-state index in [1.807, 2.05) is 25.8 Å². The Labute approximate surface area is 316 Å². The molecule has 15 nitrogen and oxygen atoms in total. The van der Waals surface area contributed by atoms with Gasteiger partial charge in [-0.15, -0.1) is 0 Å². The van der Waals surface area contributed by atoms with Crippen molar-refractivity contribution in [3.8, 4) is 0 Å². The van der Waals surface area contributed by atoms with Crippen molar-refractivity contribution in [2.45, 2.75) is 192 Å². The minimum Gasteiger partial charge on any atom is -0.459 e. The first-order valence-corrected chi connectivity index (χ1v) is 19.2. The summed E-state index contributed by atoms with van der Waals surface area (Å²) in [5.74, 6) is -3.32. The molecule has 0 amide bonds. The van der Waals surface area contributed by atoms with E-state index in [0.29, 0.717) is 13.0 Å². The molecule has 3 rings (SSSR count). The number of hydrogen-bond donors (Lipinski definition) is 5. The van der Waals surface area contributed by atoms with Crippen LogP contribution in [0, 0.1) is 17.8 Å². The standard InChI is InChI=1S/C38H70N2O13/c1-14-27-38(11,46)31(42)23(6)40(12)18-19(2)16-36(9,45)33(53-35-30(50-25(8)41)26(39)15-20(3)48-35)21(4)29(22(5)34(44)51-27)52-28-17-37(10,47-13)32(43)24(7)49-28/h19-24,26-33,35,42-43,45-46H,14-18,39H2,1-13H3/t19-,20-,21+,22-,23-,24-,26?,27-,28?,29+,30-,31-,32-,33-,35+,36-,37-,38-/m1/s1. The van der Waals surface area contributed by atoms with Gasteiger partial charge in [0.1, 0.15) is 23.9 Å². The summed E-state index contributed by atoms with van der Waals surface area (Å²) in [5, 5.41) is 46.6. The van der Waals surface area contributed by atoms with Crippen molar-refractivity contribution in [2.75, 3.05) is 20.7 Å². The van der Waals surface area contributed by atoms with Crippen molar-refractivity contribution < 1.29 is 63.2 Å². The van der Waals surface area contributed by atoms with Crippen LogP contribution in [0.4, 0.5) is 0 Å². The van der Waals surface area contributed by atoms with Crippen molar-refractivity contribution in [3.05, 3.63) is 0 Å². The zero-order chi connectivity index (χ0) is 40.4. The predicted molar refractivity (Wildman–Crippen MR) is 194 cm³/mol. The monoisotopic (exact) mass is 762 g/mol. The second-order valence-corrected chi connectivity index (χ2v) is 16.9. The lowest BCUT2D eigenvalue weighted by molar-refractivity contribution is -0.316. The van der Waals surface area contributed by atoms with E-state index in [2.05, 4.69) is 0 Å². The van der Waals surface area contributed by atoms with E-state index < -0.39 is 108 Å². The van der Waals surface area contributed by atoms with Gasteiger partial charge < -0.3 is 64.2 Å². The molecule has 2 unspecified atom stereocenters. The summed E-state index contributed by atoms with van der Waals surface area (Å²) >= 11 is 0. The highest BCUT2D eigenvalue weighted by molar-refractivity contribution is 5.73. The zero-order valence-corrected chi connectivity index (χ0v) is 34.2. The Morgan fingerprint density at radius 2 is 1.60 bits per heavy atom. The fourth-order valence-electron chi connectivity index (χ4n) is 8.61. The molecule has 53 heavy (non-hydrogen) atoms. The molecule has 0 saturated carbocycles. The lowest BCUT2D eigenvalue weighted by Crippen LogP contribution is -2.60. The highest BCUT2D eigenvalue weighted by atomic mass is 16.7. The van der Waals surface area contributed by atoms with Crippen LogP contribution in [0.5, 0.6) is 0 Å². The number of hydrogen-bond acceptors (Lipinski definition) is 15. The Hall–Kier alpha value is -1.50. The number of carbonyl (C=O) groups is 2. The molecular weight excluding hydrogens is 692 g/mol. The van der Waals surface area contributed by atoms with Gasteiger partial charge in [0.05, 0.1) is 41.5 Å². The van der Waals surface area contributed by atoms with Crippen molar-refractivity contribution >= 4 is 11.9 Å².